The molecule has 0 spiro atoms. The average molecular weight is 495 g/mol. The fourth-order valence-electron chi connectivity index (χ4n) is 3.48. The molecule has 0 amide bonds. The van der Waals surface area contributed by atoms with Crippen molar-refractivity contribution in [3.63, 3.8) is 0 Å². The van der Waals surface area contributed by atoms with Gasteiger partial charge in [0.1, 0.15) is 29.4 Å². The zero-order valence-corrected chi connectivity index (χ0v) is 17.5. The summed E-state index contributed by atoms with van der Waals surface area (Å²) in [4.78, 5) is 3.73. The van der Waals surface area contributed by atoms with E-state index in [9.17, 15) is 22.7 Å². The Hall–Kier alpha value is -4.00. The summed E-state index contributed by atoms with van der Waals surface area (Å²) in [6, 6.07) is 9.41. The maximum absolute atomic E-state index is 15.7. The van der Waals surface area contributed by atoms with E-state index < -0.39 is 47.6 Å². The highest BCUT2D eigenvalue weighted by molar-refractivity contribution is 5.64. The third-order valence-corrected chi connectivity index (χ3v) is 5.16. The second kappa shape index (κ2) is 9.33. The lowest BCUT2D eigenvalue weighted by Gasteiger charge is -2.35. The van der Waals surface area contributed by atoms with Gasteiger partial charge in [0.2, 0.25) is 0 Å². The number of hydrogen-bond acceptors (Lipinski definition) is 6. The van der Waals surface area contributed by atoms with Gasteiger partial charge in [0.15, 0.2) is 5.60 Å². The molecule has 1 N–H and O–H groups in total. The molecule has 0 aliphatic heterocycles. The number of benzene rings is 2. The molecule has 13 heteroatoms. The highest BCUT2D eigenvalue weighted by Crippen LogP contribution is 2.46. The van der Waals surface area contributed by atoms with E-state index in [1.165, 1.54) is 30.3 Å². The van der Waals surface area contributed by atoms with E-state index in [-0.39, 0.29) is 11.3 Å². The summed E-state index contributed by atoms with van der Waals surface area (Å²) in [6.45, 7) is -4.04. The number of halogens is 6. The lowest BCUT2D eigenvalue weighted by Crippen LogP contribution is -2.48. The van der Waals surface area contributed by atoms with E-state index in [2.05, 4.69) is 25.2 Å². The predicted molar refractivity (Wildman–Crippen MR) is 108 cm³/mol. The lowest BCUT2D eigenvalue weighted by atomic mass is 9.84. The van der Waals surface area contributed by atoms with Gasteiger partial charge in [-0.3, -0.25) is 4.98 Å². The van der Waals surface area contributed by atoms with Crippen molar-refractivity contribution in [3.05, 3.63) is 90.0 Å². The molecule has 2 aromatic heterocycles. The topological polar surface area (TPSA) is 86.0 Å². The van der Waals surface area contributed by atoms with Gasteiger partial charge in [0.25, 0.3) is 0 Å². The molecule has 182 valence electrons. The zero-order valence-electron chi connectivity index (χ0n) is 17.5. The normalized spacial score (nSPS) is 13.6. The number of hydrogen-bond donors (Lipinski definition) is 1. The molecule has 4 rings (SSSR count). The van der Waals surface area contributed by atoms with Crippen LogP contribution in [0.1, 0.15) is 11.3 Å². The maximum atomic E-state index is 15.7. The highest BCUT2D eigenvalue weighted by Gasteiger charge is 2.58. The van der Waals surface area contributed by atoms with Crippen LogP contribution in [0.25, 0.3) is 11.1 Å². The minimum Gasteiger partial charge on any atom is -0.435 e. The molecule has 1 atom stereocenters. The molecule has 0 fully saturated rings. The number of nitrogens with zero attached hydrogens (tertiary/aromatic N) is 5. The summed E-state index contributed by atoms with van der Waals surface area (Å²) in [5.41, 5.74) is -4.50. The number of ether oxygens (including phenoxy) is 1. The summed E-state index contributed by atoms with van der Waals surface area (Å²) in [5, 5.41) is 21.2. The van der Waals surface area contributed by atoms with Gasteiger partial charge in [-0.25, -0.2) is 13.5 Å². The van der Waals surface area contributed by atoms with Crippen LogP contribution in [-0.2, 0) is 18.1 Å². The SMILES string of the molecule is OC(Cn1cnnn1)(c1ccc(F)cc1F)C(F)(F)c1ccc(-c2cccc(OC(F)F)c2)cn1. The van der Waals surface area contributed by atoms with Gasteiger partial charge in [0, 0.05) is 23.4 Å². The molecular formula is C22H15F6N5O2. The molecule has 0 bridgehead atoms. The van der Waals surface area contributed by atoms with Gasteiger partial charge >= 0.3 is 12.5 Å². The molecule has 2 heterocycles. The van der Waals surface area contributed by atoms with Gasteiger partial charge in [-0.2, -0.15) is 17.6 Å². The van der Waals surface area contributed by atoms with Crippen molar-refractivity contribution in [1.29, 1.82) is 0 Å². The Morgan fingerprint density at radius 3 is 2.43 bits per heavy atom. The first-order valence-electron chi connectivity index (χ1n) is 9.88. The molecule has 2 aromatic carbocycles. The van der Waals surface area contributed by atoms with Crippen LogP contribution >= 0.6 is 0 Å². The third-order valence-electron chi connectivity index (χ3n) is 5.16. The molecular weight excluding hydrogens is 480 g/mol. The summed E-state index contributed by atoms with van der Waals surface area (Å²) in [6.07, 6.45) is 1.97. The number of rotatable bonds is 8. The Morgan fingerprint density at radius 2 is 1.80 bits per heavy atom. The minimum atomic E-state index is -4.23. The van der Waals surface area contributed by atoms with Crippen LogP contribution in [0.4, 0.5) is 26.3 Å². The minimum absolute atomic E-state index is 0.144. The van der Waals surface area contributed by atoms with Crippen LogP contribution in [-0.4, -0.2) is 36.9 Å². The first kappa shape index (κ1) is 24.1. The van der Waals surface area contributed by atoms with Gasteiger partial charge in [0.05, 0.1) is 6.54 Å². The van der Waals surface area contributed by atoms with Crippen molar-refractivity contribution < 1.29 is 36.2 Å². The highest BCUT2D eigenvalue weighted by atomic mass is 19.3. The van der Waals surface area contributed by atoms with E-state index >= 15 is 8.78 Å². The Labute approximate surface area is 193 Å². The number of aromatic nitrogens is 5. The molecule has 0 saturated carbocycles. The van der Waals surface area contributed by atoms with E-state index in [0.717, 1.165) is 29.3 Å². The predicted octanol–water partition coefficient (Wildman–Crippen LogP) is 4.29. The van der Waals surface area contributed by atoms with Crippen LogP contribution in [0, 0.1) is 11.6 Å². The van der Waals surface area contributed by atoms with Crippen molar-refractivity contribution in [2.45, 2.75) is 24.7 Å². The second-order valence-corrected chi connectivity index (χ2v) is 7.40. The molecule has 35 heavy (non-hydrogen) atoms. The van der Waals surface area contributed by atoms with E-state index in [1.807, 2.05) is 0 Å². The number of pyridine rings is 1. The van der Waals surface area contributed by atoms with Crippen LogP contribution in [0.2, 0.25) is 0 Å². The Balaban J connectivity index is 1.73. The molecule has 0 aliphatic rings. The van der Waals surface area contributed by atoms with Crippen molar-refractivity contribution in [1.82, 2.24) is 25.2 Å². The molecule has 0 radical (unpaired) electrons. The van der Waals surface area contributed by atoms with Crippen LogP contribution in [0.15, 0.2) is 67.1 Å². The first-order valence-corrected chi connectivity index (χ1v) is 9.88. The van der Waals surface area contributed by atoms with E-state index in [0.29, 0.717) is 17.7 Å². The second-order valence-electron chi connectivity index (χ2n) is 7.40. The standard InChI is InChI=1S/C22H15F6N5O2/c23-15-5-6-17(18(24)9-15)21(34,11-33-12-30-31-32-33)22(27,28)19-7-4-14(10-29-19)13-2-1-3-16(8-13)35-20(25)26/h1-10,12,20,34H,11H2. The number of aliphatic hydroxyl groups is 1. The molecule has 4 aromatic rings. The molecule has 0 saturated heterocycles. The fourth-order valence-corrected chi connectivity index (χ4v) is 3.48. The van der Waals surface area contributed by atoms with Crippen LogP contribution < -0.4 is 4.74 Å². The van der Waals surface area contributed by atoms with Gasteiger partial charge in [-0.05, 0) is 46.3 Å². The maximum Gasteiger partial charge on any atom is 0.387 e. The Morgan fingerprint density at radius 1 is 1.00 bits per heavy atom. The van der Waals surface area contributed by atoms with Crippen LogP contribution in [0.3, 0.4) is 0 Å². The summed E-state index contributed by atoms with van der Waals surface area (Å²) in [7, 11) is 0. The fraction of sp³-hybridized carbons (Fsp3) is 0.182. The van der Waals surface area contributed by atoms with Crippen molar-refractivity contribution in [2.24, 2.45) is 0 Å². The number of alkyl halides is 4. The van der Waals surface area contributed by atoms with Crippen molar-refractivity contribution in [2.75, 3.05) is 0 Å². The van der Waals surface area contributed by atoms with Gasteiger partial charge in [-0.15, -0.1) is 5.10 Å². The van der Waals surface area contributed by atoms with E-state index in [1.54, 1.807) is 0 Å². The zero-order chi connectivity index (χ0) is 25.2. The van der Waals surface area contributed by atoms with Gasteiger partial charge < -0.3 is 9.84 Å². The largest absolute Gasteiger partial charge is 0.435 e. The molecule has 0 aliphatic carbocycles. The summed E-state index contributed by atoms with van der Waals surface area (Å²) in [5.74, 6) is -6.81. The monoisotopic (exact) mass is 495 g/mol. The van der Waals surface area contributed by atoms with Crippen LogP contribution in [0.5, 0.6) is 5.75 Å². The Kier molecular flexibility index (Phi) is 6.43. The molecule has 7 nitrogen and oxygen atoms in total. The number of tetrazole rings is 1. The molecule has 1 unspecified atom stereocenters. The first-order chi connectivity index (χ1) is 16.6. The third kappa shape index (κ3) is 4.80. The smallest absolute Gasteiger partial charge is 0.387 e. The summed E-state index contributed by atoms with van der Waals surface area (Å²) < 4.78 is 89.5. The van der Waals surface area contributed by atoms with E-state index in [4.69, 9.17) is 0 Å². The quantitative estimate of drug-likeness (QED) is 0.367. The van der Waals surface area contributed by atoms with Crippen molar-refractivity contribution in [3.8, 4) is 16.9 Å². The Bertz CT molecular complexity index is 1300. The van der Waals surface area contributed by atoms with Crippen molar-refractivity contribution >= 4 is 0 Å². The lowest BCUT2D eigenvalue weighted by molar-refractivity contribution is -0.207. The average Bonchev–Trinajstić information content (AvgIpc) is 3.31. The summed E-state index contributed by atoms with van der Waals surface area (Å²) >= 11 is 0. The van der Waals surface area contributed by atoms with Gasteiger partial charge in [-0.1, -0.05) is 18.2 Å².